The van der Waals surface area contributed by atoms with Crippen LogP contribution in [0.3, 0.4) is 0 Å². The molecule has 0 aliphatic heterocycles. The Kier molecular flexibility index (Phi) is 12.5. The summed E-state index contributed by atoms with van der Waals surface area (Å²) in [5, 5.41) is 30.1. The van der Waals surface area contributed by atoms with Crippen molar-refractivity contribution in [2.45, 2.75) is 90.9 Å². The molecule has 8 heteroatoms. The van der Waals surface area contributed by atoms with E-state index in [0.29, 0.717) is 19.3 Å². The fraction of sp³-hybridized carbons (Fsp3) is 0.467. The second kappa shape index (κ2) is 15.5. The van der Waals surface area contributed by atoms with Crippen molar-refractivity contribution in [3.8, 4) is 17.2 Å². The van der Waals surface area contributed by atoms with Crippen LogP contribution >= 0.6 is 0 Å². The average Bonchev–Trinajstić information content (AvgIpc) is 2.89. The number of ketones is 2. The molecule has 3 N–H and O–H groups in total. The van der Waals surface area contributed by atoms with Crippen LogP contribution in [0.25, 0.3) is 0 Å². The molecule has 0 aliphatic carbocycles. The maximum atomic E-state index is 12.9. The van der Waals surface area contributed by atoms with E-state index >= 15 is 0 Å². The highest BCUT2D eigenvalue weighted by molar-refractivity contribution is 6.03. The number of esters is 1. The van der Waals surface area contributed by atoms with E-state index in [1.807, 2.05) is 0 Å². The fourth-order valence-corrected chi connectivity index (χ4v) is 4.10. The third-order valence-electron chi connectivity index (χ3n) is 6.38. The van der Waals surface area contributed by atoms with Gasteiger partial charge >= 0.3 is 11.9 Å². The second-order valence-electron chi connectivity index (χ2n) is 9.47. The number of hydrogen-bond acceptors (Lipinski definition) is 7. The molecule has 0 radical (unpaired) electrons. The first-order valence-corrected chi connectivity index (χ1v) is 13.4. The number of hydrogen-bond donors (Lipinski definition) is 3. The smallest absolute Gasteiger partial charge is 0.347 e. The largest absolute Gasteiger partial charge is 0.507 e. The van der Waals surface area contributed by atoms with E-state index in [1.165, 1.54) is 18.2 Å². The van der Waals surface area contributed by atoms with Crippen molar-refractivity contribution < 1.29 is 39.2 Å². The first-order chi connectivity index (χ1) is 18.2. The standard InChI is InChI=1S/C30H38O8/c1-3-5-7-9-11-13-24(31)20-15-16-26(33)22(17-20)30(37)38-27-19-21(18-23(28(27)34)29(35)36)25(32)14-12-10-8-6-4-2/h15-19,33-34H,3-14H2,1-2H3,(H,35,36). The molecule has 2 aromatic rings. The van der Waals surface area contributed by atoms with Crippen molar-refractivity contribution in [2.75, 3.05) is 0 Å². The highest BCUT2D eigenvalue weighted by Crippen LogP contribution is 2.34. The molecule has 0 aromatic heterocycles. The number of aromatic carboxylic acids is 1. The minimum Gasteiger partial charge on any atom is -0.507 e. The normalized spacial score (nSPS) is 10.8. The highest BCUT2D eigenvalue weighted by Gasteiger charge is 2.23. The van der Waals surface area contributed by atoms with Gasteiger partial charge in [0.05, 0.1) is 0 Å². The number of rotatable bonds is 17. The molecule has 2 aromatic carbocycles. The summed E-state index contributed by atoms with van der Waals surface area (Å²) in [5.74, 6) is -4.89. The summed E-state index contributed by atoms with van der Waals surface area (Å²) in [6.07, 6.45) is 9.97. The van der Waals surface area contributed by atoms with Gasteiger partial charge < -0.3 is 20.1 Å². The molecule has 0 unspecified atom stereocenters. The molecule has 0 heterocycles. The summed E-state index contributed by atoms with van der Waals surface area (Å²) in [6, 6.07) is 6.02. The Morgan fingerprint density at radius 3 is 1.76 bits per heavy atom. The van der Waals surface area contributed by atoms with E-state index in [0.717, 1.165) is 63.5 Å². The summed E-state index contributed by atoms with van der Waals surface area (Å²) < 4.78 is 5.24. The fourth-order valence-electron chi connectivity index (χ4n) is 4.10. The van der Waals surface area contributed by atoms with Gasteiger partial charge in [0.15, 0.2) is 23.1 Å². The Labute approximate surface area is 223 Å². The SMILES string of the molecule is CCCCCCCC(=O)c1ccc(O)c(C(=O)Oc2cc(C(=O)CCCCCCC)cc(C(=O)O)c2O)c1. The van der Waals surface area contributed by atoms with Gasteiger partial charge in [-0.2, -0.15) is 0 Å². The lowest BCUT2D eigenvalue weighted by Crippen LogP contribution is -2.12. The summed E-state index contributed by atoms with van der Waals surface area (Å²) in [7, 11) is 0. The molecule has 38 heavy (non-hydrogen) atoms. The van der Waals surface area contributed by atoms with Crippen molar-refractivity contribution in [2.24, 2.45) is 0 Å². The zero-order valence-electron chi connectivity index (χ0n) is 22.3. The van der Waals surface area contributed by atoms with Crippen LogP contribution < -0.4 is 4.74 Å². The van der Waals surface area contributed by atoms with Crippen molar-refractivity contribution >= 4 is 23.5 Å². The highest BCUT2D eigenvalue weighted by atomic mass is 16.5. The van der Waals surface area contributed by atoms with Crippen LogP contribution in [0, 0.1) is 0 Å². The number of aromatic hydroxyl groups is 2. The van der Waals surface area contributed by atoms with Gasteiger partial charge in [-0.15, -0.1) is 0 Å². The minimum atomic E-state index is -1.49. The quantitative estimate of drug-likeness (QED) is 0.0858. The molecule has 206 valence electrons. The maximum absolute atomic E-state index is 12.9. The number of Topliss-reactive ketones (excluding diaryl/α,β-unsaturated/α-hetero) is 2. The monoisotopic (exact) mass is 526 g/mol. The molecule has 0 spiro atoms. The van der Waals surface area contributed by atoms with Gasteiger partial charge in [0.1, 0.15) is 16.9 Å². The van der Waals surface area contributed by atoms with E-state index in [4.69, 9.17) is 4.74 Å². The lowest BCUT2D eigenvalue weighted by atomic mass is 10.0. The van der Waals surface area contributed by atoms with Crippen molar-refractivity contribution in [3.05, 3.63) is 52.6 Å². The minimum absolute atomic E-state index is 0.00489. The van der Waals surface area contributed by atoms with Gasteiger partial charge in [0.2, 0.25) is 0 Å². The van der Waals surface area contributed by atoms with Crippen molar-refractivity contribution in [1.29, 1.82) is 0 Å². The van der Waals surface area contributed by atoms with Gasteiger partial charge in [-0.1, -0.05) is 65.2 Å². The Bertz CT molecular complexity index is 1140. The lowest BCUT2D eigenvalue weighted by Gasteiger charge is -2.12. The number of phenolic OH excluding ortho intramolecular Hbond substituents is 1. The number of benzene rings is 2. The van der Waals surface area contributed by atoms with Gasteiger partial charge in [-0.3, -0.25) is 9.59 Å². The summed E-state index contributed by atoms with van der Waals surface area (Å²) in [4.78, 5) is 49.8. The Hall–Kier alpha value is -3.68. The average molecular weight is 527 g/mol. The van der Waals surface area contributed by atoms with Crippen LogP contribution in [-0.2, 0) is 0 Å². The van der Waals surface area contributed by atoms with Crippen molar-refractivity contribution in [1.82, 2.24) is 0 Å². The summed E-state index contributed by atoms with van der Waals surface area (Å²) >= 11 is 0. The van der Waals surface area contributed by atoms with E-state index in [1.54, 1.807) is 0 Å². The number of carboxylic acids is 1. The van der Waals surface area contributed by atoms with Crippen LogP contribution in [0.2, 0.25) is 0 Å². The predicted octanol–water partition coefficient (Wildman–Crippen LogP) is 7.10. The number of ether oxygens (including phenoxy) is 1. The van der Waals surface area contributed by atoms with E-state index in [9.17, 15) is 34.5 Å². The van der Waals surface area contributed by atoms with E-state index in [-0.39, 0.29) is 34.7 Å². The molecule has 0 saturated carbocycles. The van der Waals surface area contributed by atoms with Crippen LogP contribution in [0.1, 0.15) is 132 Å². The topological polar surface area (TPSA) is 138 Å². The zero-order valence-corrected chi connectivity index (χ0v) is 22.3. The van der Waals surface area contributed by atoms with Gasteiger partial charge in [-0.25, -0.2) is 9.59 Å². The molecular weight excluding hydrogens is 488 g/mol. The molecule has 8 nitrogen and oxygen atoms in total. The molecule has 0 atom stereocenters. The Balaban J connectivity index is 2.21. The Morgan fingerprint density at radius 1 is 0.684 bits per heavy atom. The van der Waals surface area contributed by atoms with Crippen LogP contribution in [0.4, 0.5) is 0 Å². The third kappa shape index (κ3) is 9.01. The number of carbonyl (C=O) groups is 4. The third-order valence-corrected chi connectivity index (χ3v) is 6.38. The molecule has 0 amide bonds. The molecule has 0 aliphatic rings. The number of carboxylic acid groups (broad SMARTS) is 1. The van der Waals surface area contributed by atoms with Gasteiger partial charge in [0, 0.05) is 24.0 Å². The molecule has 0 fully saturated rings. The molecule has 0 bridgehead atoms. The zero-order chi connectivity index (χ0) is 28.1. The number of carbonyl (C=O) groups excluding carboxylic acids is 3. The van der Waals surface area contributed by atoms with Crippen LogP contribution in [0.15, 0.2) is 30.3 Å². The lowest BCUT2D eigenvalue weighted by molar-refractivity contribution is 0.0679. The molecule has 0 saturated heterocycles. The van der Waals surface area contributed by atoms with Gasteiger partial charge in [-0.05, 0) is 43.2 Å². The van der Waals surface area contributed by atoms with Crippen LogP contribution in [-0.4, -0.2) is 38.8 Å². The van der Waals surface area contributed by atoms with Gasteiger partial charge in [0.25, 0.3) is 0 Å². The Morgan fingerprint density at radius 2 is 1.21 bits per heavy atom. The maximum Gasteiger partial charge on any atom is 0.347 e. The predicted molar refractivity (Wildman–Crippen MR) is 144 cm³/mol. The summed E-state index contributed by atoms with van der Waals surface area (Å²) in [5.41, 5.74) is -0.672. The first-order valence-electron chi connectivity index (χ1n) is 13.4. The molecular formula is C30H38O8. The van der Waals surface area contributed by atoms with Crippen molar-refractivity contribution in [3.63, 3.8) is 0 Å². The van der Waals surface area contributed by atoms with E-state index in [2.05, 4.69) is 13.8 Å². The van der Waals surface area contributed by atoms with E-state index < -0.39 is 34.8 Å². The first kappa shape index (κ1) is 30.5. The number of unbranched alkanes of at least 4 members (excludes halogenated alkanes) is 8. The number of phenols is 2. The second-order valence-corrected chi connectivity index (χ2v) is 9.47. The summed E-state index contributed by atoms with van der Waals surface area (Å²) in [6.45, 7) is 4.19. The molecule has 2 rings (SSSR count). The van der Waals surface area contributed by atoms with Crippen LogP contribution in [0.5, 0.6) is 17.2 Å².